The summed E-state index contributed by atoms with van der Waals surface area (Å²) in [5.74, 6) is 0.124. The average Bonchev–Trinajstić information content (AvgIpc) is 3.15. The largest absolute Gasteiger partial charge is 0.338 e. The topological polar surface area (TPSA) is 109 Å². The second kappa shape index (κ2) is 7.83. The number of rotatable bonds is 5. The summed E-state index contributed by atoms with van der Waals surface area (Å²) in [4.78, 5) is 16.0. The minimum atomic E-state index is -3.18. The Morgan fingerprint density at radius 3 is 2.73 bits per heavy atom. The molecule has 140 valence electrons. The van der Waals surface area contributed by atoms with Gasteiger partial charge in [0.2, 0.25) is 10.0 Å². The van der Waals surface area contributed by atoms with E-state index in [-0.39, 0.29) is 11.9 Å². The van der Waals surface area contributed by atoms with E-state index in [2.05, 4.69) is 20.7 Å². The summed E-state index contributed by atoms with van der Waals surface area (Å²) in [6.45, 7) is 1.44. The number of sulfonamides is 1. The summed E-state index contributed by atoms with van der Waals surface area (Å²) in [5, 5.41) is 9.62. The van der Waals surface area contributed by atoms with Crippen molar-refractivity contribution in [3.8, 4) is 5.69 Å². The Kier molecular flexibility index (Phi) is 5.52. The molecule has 1 saturated heterocycles. The Morgan fingerprint density at radius 1 is 1.31 bits per heavy atom. The number of urea groups is 1. The minimum Gasteiger partial charge on any atom is -0.338 e. The fourth-order valence-corrected chi connectivity index (χ4v) is 3.89. The van der Waals surface area contributed by atoms with Crippen molar-refractivity contribution in [1.82, 2.24) is 24.4 Å². The van der Waals surface area contributed by atoms with Gasteiger partial charge in [-0.15, -0.1) is 0 Å². The van der Waals surface area contributed by atoms with E-state index in [1.54, 1.807) is 23.1 Å². The summed E-state index contributed by atoms with van der Waals surface area (Å²) in [6.07, 6.45) is 5.98. The number of carbonyl (C=O) groups is 1. The molecule has 1 aliphatic rings. The van der Waals surface area contributed by atoms with Crippen molar-refractivity contribution in [2.75, 3.05) is 31.2 Å². The SMILES string of the molecule is CS(=O)(=O)N1CCC[C@H](CNC(=O)Nc2ccc(-n3cncn3)cc2)C1. The van der Waals surface area contributed by atoms with Crippen LogP contribution in [-0.2, 0) is 10.0 Å². The van der Waals surface area contributed by atoms with Crippen molar-refractivity contribution in [3.05, 3.63) is 36.9 Å². The van der Waals surface area contributed by atoms with E-state index in [1.165, 1.54) is 16.9 Å². The maximum absolute atomic E-state index is 12.1. The van der Waals surface area contributed by atoms with Gasteiger partial charge in [0.15, 0.2) is 0 Å². The van der Waals surface area contributed by atoms with E-state index in [4.69, 9.17) is 0 Å². The van der Waals surface area contributed by atoms with Crippen LogP contribution in [0.25, 0.3) is 5.69 Å². The number of aromatic nitrogens is 3. The highest BCUT2D eigenvalue weighted by atomic mass is 32.2. The zero-order valence-corrected chi connectivity index (χ0v) is 15.3. The maximum Gasteiger partial charge on any atom is 0.319 e. The number of carbonyl (C=O) groups excluding carboxylic acids is 1. The van der Waals surface area contributed by atoms with E-state index >= 15 is 0 Å². The van der Waals surface area contributed by atoms with Crippen molar-refractivity contribution in [2.45, 2.75) is 12.8 Å². The number of nitrogens with one attached hydrogen (secondary N) is 2. The number of hydrogen-bond donors (Lipinski definition) is 2. The first-order valence-electron chi connectivity index (χ1n) is 8.37. The molecule has 1 aliphatic heterocycles. The Hall–Kier alpha value is -2.46. The van der Waals surface area contributed by atoms with Gasteiger partial charge in [0, 0.05) is 25.3 Å². The second-order valence-corrected chi connectivity index (χ2v) is 8.33. The van der Waals surface area contributed by atoms with Crippen molar-refractivity contribution in [3.63, 3.8) is 0 Å². The predicted molar refractivity (Wildman–Crippen MR) is 97.5 cm³/mol. The van der Waals surface area contributed by atoms with Crippen LogP contribution in [0.15, 0.2) is 36.9 Å². The lowest BCUT2D eigenvalue weighted by atomic mass is 10.00. The second-order valence-electron chi connectivity index (χ2n) is 6.35. The molecule has 0 radical (unpaired) electrons. The van der Waals surface area contributed by atoms with Crippen LogP contribution in [0.5, 0.6) is 0 Å². The summed E-state index contributed by atoms with van der Waals surface area (Å²) in [7, 11) is -3.18. The Balaban J connectivity index is 1.48. The minimum absolute atomic E-state index is 0.124. The van der Waals surface area contributed by atoms with E-state index in [0.717, 1.165) is 18.5 Å². The van der Waals surface area contributed by atoms with Crippen LogP contribution in [0.4, 0.5) is 10.5 Å². The molecule has 0 spiro atoms. The molecule has 10 heteroatoms. The van der Waals surface area contributed by atoms with Crippen LogP contribution < -0.4 is 10.6 Å². The first kappa shape index (κ1) is 18.3. The Bertz CT molecular complexity index is 835. The third-order valence-electron chi connectivity index (χ3n) is 4.31. The molecule has 0 unspecified atom stereocenters. The van der Waals surface area contributed by atoms with Gasteiger partial charge in [-0.2, -0.15) is 5.10 Å². The molecule has 1 atom stereocenters. The van der Waals surface area contributed by atoms with Crippen LogP contribution in [0.3, 0.4) is 0 Å². The zero-order valence-electron chi connectivity index (χ0n) is 14.5. The molecule has 0 aliphatic carbocycles. The standard InChI is InChI=1S/C16H22N6O3S/c1-26(24,25)21-8-2-3-13(10-21)9-18-16(23)20-14-4-6-15(7-5-14)22-12-17-11-19-22/h4-7,11-13H,2-3,8-10H2,1H3,(H2,18,20,23)/t13-/m1/s1. The zero-order chi connectivity index (χ0) is 18.6. The third-order valence-corrected chi connectivity index (χ3v) is 5.58. The molecule has 3 rings (SSSR count). The molecular formula is C16H22N6O3S. The highest BCUT2D eigenvalue weighted by molar-refractivity contribution is 7.88. The van der Waals surface area contributed by atoms with Gasteiger partial charge in [0.1, 0.15) is 12.7 Å². The van der Waals surface area contributed by atoms with Crippen LogP contribution >= 0.6 is 0 Å². The number of benzene rings is 1. The number of nitrogens with zero attached hydrogens (tertiary/aromatic N) is 4. The average molecular weight is 378 g/mol. The Morgan fingerprint density at radius 2 is 2.08 bits per heavy atom. The van der Waals surface area contributed by atoms with Crippen molar-refractivity contribution >= 4 is 21.7 Å². The highest BCUT2D eigenvalue weighted by Gasteiger charge is 2.25. The van der Waals surface area contributed by atoms with E-state index in [9.17, 15) is 13.2 Å². The van der Waals surface area contributed by atoms with Crippen molar-refractivity contribution < 1.29 is 13.2 Å². The summed E-state index contributed by atoms with van der Waals surface area (Å²) in [5.41, 5.74) is 1.50. The first-order valence-corrected chi connectivity index (χ1v) is 10.2. The molecular weight excluding hydrogens is 356 g/mol. The number of piperidine rings is 1. The molecule has 26 heavy (non-hydrogen) atoms. The number of anilines is 1. The van der Waals surface area contributed by atoms with E-state index < -0.39 is 10.0 Å². The third kappa shape index (κ3) is 4.79. The van der Waals surface area contributed by atoms with Gasteiger partial charge < -0.3 is 10.6 Å². The van der Waals surface area contributed by atoms with Gasteiger partial charge >= 0.3 is 6.03 Å². The molecule has 1 aromatic heterocycles. The molecule has 2 aromatic rings. The van der Waals surface area contributed by atoms with Gasteiger partial charge in [0.25, 0.3) is 0 Å². The smallest absolute Gasteiger partial charge is 0.319 e. The van der Waals surface area contributed by atoms with Crippen molar-refractivity contribution in [2.24, 2.45) is 5.92 Å². The normalized spacial score (nSPS) is 18.4. The van der Waals surface area contributed by atoms with E-state index in [1.807, 2.05) is 12.1 Å². The highest BCUT2D eigenvalue weighted by Crippen LogP contribution is 2.18. The van der Waals surface area contributed by atoms with Crippen LogP contribution in [0, 0.1) is 5.92 Å². The van der Waals surface area contributed by atoms with Gasteiger partial charge in [-0.1, -0.05) is 0 Å². The van der Waals surface area contributed by atoms with Crippen LogP contribution in [0.1, 0.15) is 12.8 Å². The quantitative estimate of drug-likeness (QED) is 0.809. The lowest BCUT2D eigenvalue weighted by Crippen LogP contribution is -2.43. The molecule has 0 saturated carbocycles. The lowest BCUT2D eigenvalue weighted by molar-refractivity contribution is 0.239. The number of amides is 2. The van der Waals surface area contributed by atoms with Crippen molar-refractivity contribution in [1.29, 1.82) is 0 Å². The van der Waals surface area contributed by atoms with Crippen LogP contribution in [-0.4, -0.2) is 59.4 Å². The van der Waals surface area contributed by atoms with Gasteiger partial charge in [0.05, 0.1) is 11.9 Å². The van der Waals surface area contributed by atoms with E-state index in [0.29, 0.717) is 25.3 Å². The maximum atomic E-state index is 12.1. The summed E-state index contributed by atoms with van der Waals surface area (Å²) < 4.78 is 26.4. The molecule has 0 bridgehead atoms. The van der Waals surface area contributed by atoms with Gasteiger partial charge in [-0.05, 0) is 43.0 Å². The molecule has 9 nitrogen and oxygen atoms in total. The van der Waals surface area contributed by atoms with Crippen LogP contribution in [0.2, 0.25) is 0 Å². The van der Waals surface area contributed by atoms with Gasteiger partial charge in [-0.3, -0.25) is 0 Å². The predicted octanol–water partition coefficient (Wildman–Crippen LogP) is 1.06. The fourth-order valence-electron chi connectivity index (χ4n) is 2.95. The molecule has 1 fully saturated rings. The summed E-state index contributed by atoms with van der Waals surface area (Å²) in [6, 6.07) is 6.91. The molecule has 2 N–H and O–H groups in total. The lowest BCUT2D eigenvalue weighted by Gasteiger charge is -2.30. The molecule has 1 aromatic carbocycles. The Labute approximate surface area is 152 Å². The molecule has 2 heterocycles. The van der Waals surface area contributed by atoms with Gasteiger partial charge in [-0.25, -0.2) is 27.2 Å². The monoisotopic (exact) mass is 378 g/mol. The number of hydrogen-bond acceptors (Lipinski definition) is 5. The summed E-state index contributed by atoms with van der Waals surface area (Å²) >= 11 is 0. The molecule has 2 amide bonds. The fraction of sp³-hybridized carbons (Fsp3) is 0.438. The first-order chi connectivity index (χ1) is 12.4.